The number of carbonyl (C=O) groups excluding carboxylic acids is 2. The molecule has 0 unspecified atom stereocenters. The molecule has 0 spiro atoms. The Morgan fingerprint density at radius 2 is 1.69 bits per heavy atom. The van der Waals surface area contributed by atoms with Gasteiger partial charge in [0, 0.05) is 18.4 Å². The number of Topliss-reactive ketones (excluding diaryl/α,β-unsaturated/α-hetero) is 1. The molecule has 0 fully saturated rings. The minimum atomic E-state index is -0.155. The van der Waals surface area contributed by atoms with E-state index in [1.165, 1.54) is 0 Å². The maximum atomic E-state index is 12.1. The van der Waals surface area contributed by atoms with E-state index in [1.54, 1.807) is 24.3 Å². The van der Waals surface area contributed by atoms with Gasteiger partial charge in [0.25, 0.3) is 0 Å². The van der Waals surface area contributed by atoms with E-state index in [9.17, 15) is 9.59 Å². The minimum Gasteiger partial charge on any atom is -0.494 e. The molecule has 0 saturated carbocycles. The molecular formula is C21H25NO4. The van der Waals surface area contributed by atoms with Crippen LogP contribution in [0.15, 0.2) is 48.5 Å². The fourth-order valence-electron chi connectivity index (χ4n) is 2.43. The van der Waals surface area contributed by atoms with Gasteiger partial charge in [0.15, 0.2) is 5.78 Å². The first kappa shape index (κ1) is 19.5. The SMILES string of the molecule is CCOc1ccc(C(=O)CCC(=O)NCCOc2ccccc2C)cc1. The molecule has 5 nitrogen and oxygen atoms in total. The largest absolute Gasteiger partial charge is 0.494 e. The lowest BCUT2D eigenvalue weighted by molar-refractivity contribution is -0.121. The molecule has 26 heavy (non-hydrogen) atoms. The summed E-state index contributed by atoms with van der Waals surface area (Å²) in [6.45, 7) is 5.26. The van der Waals surface area contributed by atoms with E-state index in [2.05, 4.69) is 5.32 Å². The van der Waals surface area contributed by atoms with Crippen LogP contribution in [-0.4, -0.2) is 31.4 Å². The van der Waals surface area contributed by atoms with Crippen LogP contribution in [0.2, 0.25) is 0 Å². The Morgan fingerprint density at radius 1 is 0.962 bits per heavy atom. The van der Waals surface area contributed by atoms with Crippen LogP contribution in [0.4, 0.5) is 0 Å². The van der Waals surface area contributed by atoms with Gasteiger partial charge in [-0.15, -0.1) is 0 Å². The molecule has 0 heterocycles. The van der Waals surface area contributed by atoms with Crippen LogP contribution in [0, 0.1) is 6.92 Å². The first-order valence-electron chi connectivity index (χ1n) is 8.81. The molecule has 2 aromatic rings. The number of ether oxygens (including phenoxy) is 2. The van der Waals surface area contributed by atoms with E-state index >= 15 is 0 Å². The summed E-state index contributed by atoms with van der Waals surface area (Å²) in [7, 11) is 0. The van der Waals surface area contributed by atoms with Crippen molar-refractivity contribution in [3.05, 3.63) is 59.7 Å². The van der Waals surface area contributed by atoms with Gasteiger partial charge in [0.2, 0.25) is 5.91 Å². The second kappa shape index (κ2) is 10.2. The number of ketones is 1. The lowest BCUT2D eigenvalue weighted by Gasteiger charge is -2.09. The third kappa shape index (κ3) is 6.24. The zero-order chi connectivity index (χ0) is 18.8. The Labute approximate surface area is 154 Å². The second-order valence-corrected chi connectivity index (χ2v) is 5.84. The van der Waals surface area contributed by atoms with Crippen LogP contribution in [-0.2, 0) is 4.79 Å². The summed E-state index contributed by atoms with van der Waals surface area (Å²) in [5, 5.41) is 2.77. The van der Waals surface area contributed by atoms with Gasteiger partial charge in [-0.3, -0.25) is 9.59 Å². The van der Waals surface area contributed by atoms with Gasteiger partial charge in [-0.05, 0) is 49.7 Å². The first-order valence-corrected chi connectivity index (χ1v) is 8.81. The Kier molecular flexibility index (Phi) is 7.68. The van der Waals surface area contributed by atoms with E-state index in [0.717, 1.165) is 17.1 Å². The van der Waals surface area contributed by atoms with Crippen LogP contribution in [0.1, 0.15) is 35.7 Å². The molecule has 138 valence electrons. The molecule has 0 aromatic heterocycles. The summed E-state index contributed by atoms with van der Waals surface area (Å²) in [4.78, 5) is 24.0. The molecule has 2 rings (SSSR count). The van der Waals surface area contributed by atoms with Crippen molar-refractivity contribution in [3.63, 3.8) is 0 Å². The second-order valence-electron chi connectivity index (χ2n) is 5.84. The van der Waals surface area contributed by atoms with Crippen molar-refractivity contribution in [2.24, 2.45) is 0 Å². The number of carbonyl (C=O) groups is 2. The fourth-order valence-corrected chi connectivity index (χ4v) is 2.43. The highest BCUT2D eigenvalue weighted by Crippen LogP contribution is 2.16. The minimum absolute atomic E-state index is 0.0561. The summed E-state index contributed by atoms with van der Waals surface area (Å²) in [6.07, 6.45) is 0.342. The molecule has 1 N–H and O–H groups in total. The number of benzene rings is 2. The predicted molar refractivity (Wildman–Crippen MR) is 101 cm³/mol. The predicted octanol–water partition coefficient (Wildman–Crippen LogP) is 3.55. The monoisotopic (exact) mass is 355 g/mol. The molecule has 0 aliphatic rings. The quantitative estimate of drug-likeness (QED) is 0.523. The van der Waals surface area contributed by atoms with Crippen LogP contribution in [0.3, 0.4) is 0 Å². The molecule has 1 amide bonds. The normalized spacial score (nSPS) is 10.2. The van der Waals surface area contributed by atoms with Gasteiger partial charge in [-0.1, -0.05) is 18.2 Å². The fraction of sp³-hybridized carbons (Fsp3) is 0.333. The molecule has 0 bridgehead atoms. The lowest BCUT2D eigenvalue weighted by atomic mass is 10.1. The van der Waals surface area contributed by atoms with Gasteiger partial charge in [-0.25, -0.2) is 0 Å². The highest BCUT2D eigenvalue weighted by Gasteiger charge is 2.09. The van der Waals surface area contributed by atoms with Crippen molar-refractivity contribution in [1.82, 2.24) is 5.32 Å². The van der Waals surface area contributed by atoms with Crippen molar-refractivity contribution >= 4 is 11.7 Å². The zero-order valence-electron chi connectivity index (χ0n) is 15.3. The van der Waals surface area contributed by atoms with Crippen molar-refractivity contribution in [3.8, 4) is 11.5 Å². The smallest absolute Gasteiger partial charge is 0.220 e. The molecule has 2 aromatic carbocycles. The molecule has 0 aliphatic carbocycles. The third-order valence-electron chi connectivity index (χ3n) is 3.84. The summed E-state index contributed by atoms with van der Waals surface area (Å²) in [5.41, 5.74) is 1.64. The summed E-state index contributed by atoms with van der Waals surface area (Å²) < 4.78 is 11.0. The van der Waals surface area contributed by atoms with Gasteiger partial charge < -0.3 is 14.8 Å². The van der Waals surface area contributed by atoms with Crippen LogP contribution in [0.25, 0.3) is 0 Å². The molecule has 0 saturated heterocycles. The van der Waals surface area contributed by atoms with Gasteiger partial charge in [0.1, 0.15) is 18.1 Å². The lowest BCUT2D eigenvalue weighted by Crippen LogP contribution is -2.28. The standard InChI is InChI=1S/C21H25NO4/c1-3-25-18-10-8-17(9-11-18)19(23)12-13-21(24)22-14-15-26-20-7-5-4-6-16(20)2/h4-11H,3,12-15H2,1-2H3,(H,22,24). The molecule has 0 aliphatic heterocycles. The molecule has 0 atom stereocenters. The number of para-hydroxylation sites is 1. The Balaban J connectivity index is 1.66. The number of nitrogens with one attached hydrogen (secondary N) is 1. The number of aryl methyl sites for hydroxylation is 1. The maximum Gasteiger partial charge on any atom is 0.220 e. The Hall–Kier alpha value is -2.82. The average molecular weight is 355 g/mol. The van der Waals surface area contributed by atoms with Crippen molar-refractivity contribution in [2.45, 2.75) is 26.7 Å². The third-order valence-corrected chi connectivity index (χ3v) is 3.84. The summed E-state index contributed by atoms with van der Waals surface area (Å²) >= 11 is 0. The average Bonchev–Trinajstić information content (AvgIpc) is 2.65. The van der Waals surface area contributed by atoms with Crippen molar-refractivity contribution < 1.29 is 19.1 Å². The van der Waals surface area contributed by atoms with E-state index in [0.29, 0.717) is 25.3 Å². The topological polar surface area (TPSA) is 64.6 Å². The van der Waals surface area contributed by atoms with Crippen molar-refractivity contribution in [1.29, 1.82) is 0 Å². The Morgan fingerprint density at radius 3 is 2.38 bits per heavy atom. The summed E-state index contributed by atoms with van der Waals surface area (Å²) in [6, 6.07) is 14.7. The Bertz CT molecular complexity index is 725. The van der Waals surface area contributed by atoms with Gasteiger partial charge >= 0.3 is 0 Å². The summed E-state index contributed by atoms with van der Waals surface area (Å²) in [5.74, 6) is 1.33. The molecule has 0 radical (unpaired) electrons. The highest BCUT2D eigenvalue weighted by atomic mass is 16.5. The van der Waals surface area contributed by atoms with Gasteiger partial charge in [-0.2, -0.15) is 0 Å². The van der Waals surface area contributed by atoms with Gasteiger partial charge in [0.05, 0.1) is 13.2 Å². The van der Waals surface area contributed by atoms with E-state index in [-0.39, 0.29) is 24.5 Å². The van der Waals surface area contributed by atoms with Crippen LogP contribution < -0.4 is 14.8 Å². The zero-order valence-corrected chi connectivity index (χ0v) is 15.3. The first-order chi connectivity index (χ1) is 12.6. The van der Waals surface area contributed by atoms with E-state index < -0.39 is 0 Å². The highest BCUT2D eigenvalue weighted by molar-refractivity contribution is 5.98. The molecule has 5 heteroatoms. The van der Waals surface area contributed by atoms with Crippen LogP contribution in [0.5, 0.6) is 11.5 Å². The number of hydrogen-bond donors (Lipinski definition) is 1. The number of amides is 1. The van der Waals surface area contributed by atoms with Crippen LogP contribution >= 0.6 is 0 Å². The van der Waals surface area contributed by atoms with Crippen molar-refractivity contribution in [2.75, 3.05) is 19.8 Å². The molecular weight excluding hydrogens is 330 g/mol. The van der Waals surface area contributed by atoms with E-state index in [4.69, 9.17) is 9.47 Å². The maximum absolute atomic E-state index is 12.1. The number of hydrogen-bond acceptors (Lipinski definition) is 4. The van der Waals surface area contributed by atoms with E-state index in [1.807, 2.05) is 38.1 Å². The number of rotatable bonds is 10.